The van der Waals surface area contributed by atoms with Crippen LogP contribution in [0.2, 0.25) is 0 Å². The number of hydrogen-bond donors (Lipinski definition) is 2. The summed E-state index contributed by atoms with van der Waals surface area (Å²) >= 11 is 0. The van der Waals surface area contributed by atoms with Crippen LogP contribution in [-0.4, -0.2) is 14.3 Å². The number of primary amides is 1. The number of nitriles is 1. The van der Waals surface area contributed by atoms with Gasteiger partial charge in [0.2, 0.25) is 10.0 Å². The van der Waals surface area contributed by atoms with Gasteiger partial charge in [-0.3, -0.25) is 4.79 Å². The molecule has 0 saturated carbocycles. The number of carbonyl (C=O) groups is 1. The van der Waals surface area contributed by atoms with E-state index < -0.39 is 15.9 Å². The molecule has 0 radical (unpaired) electrons. The van der Waals surface area contributed by atoms with E-state index in [0.717, 1.165) is 0 Å². The second-order valence-electron chi connectivity index (χ2n) is 4.48. The summed E-state index contributed by atoms with van der Waals surface area (Å²) in [5, 5.41) is 8.75. The summed E-state index contributed by atoms with van der Waals surface area (Å²) in [6, 6.07) is 12.6. The van der Waals surface area contributed by atoms with Crippen molar-refractivity contribution < 1.29 is 17.6 Å². The molecule has 1 aromatic heterocycles. The van der Waals surface area contributed by atoms with Crippen molar-refractivity contribution in [1.29, 1.82) is 5.26 Å². The van der Waals surface area contributed by atoms with Gasteiger partial charge in [-0.2, -0.15) is 5.26 Å². The zero-order valence-electron chi connectivity index (χ0n) is 11.9. The van der Waals surface area contributed by atoms with Crippen LogP contribution >= 0.6 is 0 Å². The van der Waals surface area contributed by atoms with Gasteiger partial charge in [-0.25, -0.2) is 13.1 Å². The van der Waals surface area contributed by atoms with Gasteiger partial charge in [0.1, 0.15) is 23.2 Å². The first-order valence-corrected chi connectivity index (χ1v) is 7.96. The number of nitrogens with two attached hydrogens (primary N) is 1. The fraction of sp³-hybridized carbons (Fsp3) is 0.0667. The van der Waals surface area contributed by atoms with Crippen LogP contribution in [-0.2, 0) is 21.4 Å². The average molecular weight is 331 g/mol. The first kappa shape index (κ1) is 16.5. The summed E-state index contributed by atoms with van der Waals surface area (Å²) in [5.74, 6) is -0.304. The lowest BCUT2D eigenvalue weighted by Gasteiger charge is -2.04. The third-order valence-electron chi connectivity index (χ3n) is 2.84. The zero-order valence-corrected chi connectivity index (χ0v) is 12.7. The van der Waals surface area contributed by atoms with E-state index in [1.807, 2.05) is 0 Å². The highest BCUT2D eigenvalue weighted by atomic mass is 32.2. The van der Waals surface area contributed by atoms with E-state index in [4.69, 9.17) is 15.4 Å². The predicted molar refractivity (Wildman–Crippen MR) is 82.0 cm³/mol. The Morgan fingerprint density at radius 3 is 2.57 bits per heavy atom. The highest BCUT2D eigenvalue weighted by Gasteiger charge is 2.14. The van der Waals surface area contributed by atoms with Gasteiger partial charge < -0.3 is 10.2 Å². The first-order valence-electron chi connectivity index (χ1n) is 6.47. The maximum absolute atomic E-state index is 12.1. The molecule has 8 heteroatoms. The van der Waals surface area contributed by atoms with Crippen molar-refractivity contribution in [3.05, 3.63) is 59.6 Å². The normalized spacial score (nSPS) is 11.9. The topological polar surface area (TPSA) is 126 Å². The lowest BCUT2D eigenvalue weighted by molar-refractivity contribution is -0.114. The molecule has 118 valence electrons. The number of hydrogen-bond acceptors (Lipinski definition) is 5. The Hall–Kier alpha value is -2.89. The first-order chi connectivity index (χ1) is 10.9. The van der Waals surface area contributed by atoms with Gasteiger partial charge in [0.05, 0.1) is 11.4 Å². The Morgan fingerprint density at radius 2 is 1.96 bits per heavy atom. The Labute approximate surface area is 133 Å². The molecule has 0 bridgehead atoms. The number of amides is 1. The molecule has 0 unspecified atom stereocenters. The minimum atomic E-state index is -3.64. The Kier molecular flexibility index (Phi) is 4.95. The van der Waals surface area contributed by atoms with Crippen molar-refractivity contribution in [2.75, 3.05) is 0 Å². The quantitative estimate of drug-likeness (QED) is 0.606. The average Bonchev–Trinajstić information content (AvgIpc) is 2.99. The molecule has 0 fully saturated rings. The van der Waals surface area contributed by atoms with E-state index in [0.29, 0.717) is 5.76 Å². The summed E-state index contributed by atoms with van der Waals surface area (Å²) < 4.78 is 31.8. The van der Waals surface area contributed by atoms with Crippen LogP contribution in [0.15, 0.2) is 57.4 Å². The Morgan fingerprint density at radius 1 is 1.26 bits per heavy atom. The molecule has 3 N–H and O–H groups in total. The second-order valence-corrected chi connectivity index (χ2v) is 6.24. The Bertz CT molecular complexity index is 877. The number of sulfonamides is 1. The SMILES string of the molecule is N#C/C(=C\c1ccc(CNS(=O)(=O)c2ccccc2)o1)C(N)=O. The van der Waals surface area contributed by atoms with Crippen molar-refractivity contribution in [2.45, 2.75) is 11.4 Å². The minimum absolute atomic E-state index is 0.0659. The number of nitrogens with one attached hydrogen (secondary N) is 1. The zero-order chi connectivity index (χ0) is 16.9. The molecular formula is C15H13N3O4S. The highest BCUT2D eigenvalue weighted by Crippen LogP contribution is 2.13. The summed E-state index contributed by atoms with van der Waals surface area (Å²) in [7, 11) is -3.64. The van der Waals surface area contributed by atoms with Gasteiger partial charge in [-0.05, 0) is 24.3 Å². The van der Waals surface area contributed by atoms with Crippen molar-refractivity contribution in [2.24, 2.45) is 5.73 Å². The lowest BCUT2D eigenvalue weighted by Crippen LogP contribution is -2.22. The monoisotopic (exact) mass is 331 g/mol. The van der Waals surface area contributed by atoms with Crippen molar-refractivity contribution in [3.8, 4) is 6.07 Å². The van der Waals surface area contributed by atoms with E-state index in [1.54, 1.807) is 24.3 Å². The van der Waals surface area contributed by atoms with Gasteiger partial charge in [-0.1, -0.05) is 18.2 Å². The fourth-order valence-corrected chi connectivity index (χ4v) is 2.73. The maximum Gasteiger partial charge on any atom is 0.259 e. The van der Waals surface area contributed by atoms with Crippen LogP contribution in [0, 0.1) is 11.3 Å². The highest BCUT2D eigenvalue weighted by molar-refractivity contribution is 7.89. The minimum Gasteiger partial charge on any atom is -0.460 e. The van der Waals surface area contributed by atoms with Gasteiger partial charge >= 0.3 is 0 Å². The summed E-state index contributed by atoms with van der Waals surface area (Å²) in [6.45, 7) is -0.0659. The molecule has 23 heavy (non-hydrogen) atoms. The fourth-order valence-electron chi connectivity index (χ4n) is 1.72. The molecule has 0 spiro atoms. The number of rotatable bonds is 6. The maximum atomic E-state index is 12.1. The molecule has 0 aliphatic heterocycles. The molecule has 7 nitrogen and oxygen atoms in total. The largest absolute Gasteiger partial charge is 0.460 e. The number of nitrogens with zero attached hydrogens (tertiary/aromatic N) is 1. The Balaban J connectivity index is 2.09. The molecule has 0 aliphatic carbocycles. The summed E-state index contributed by atoms with van der Waals surface area (Å²) in [6.07, 6.45) is 1.19. The third kappa shape index (κ3) is 4.29. The molecule has 1 aromatic carbocycles. The standard InChI is InChI=1S/C15H13N3O4S/c16-9-11(15(17)19)8-12-6-7-13(22-12)10-18-23(20,21)14-4-2-1-3-5-14/h1-8,18H,10H2,(H2,17,19)/b11-8+. The van der Waals surface area contributed by atoms with Crippen molar-refractivity contribution >= 4 is 22.0 Å². The van der Waals surface area contributed by atoms with Crippen LogP contribution < -0.4 is 10.5 Å². The molecule has 2 rings (SSSR count). The van der Waals surface area contributed by atoms with Crippen LogP contribution in [0.25, 0.3) is 6.08 Å². The van der Waals surface area contributed by atoms with Crippen LogP contribution in [0.1, 0.15) is 11.5 Å². The summed E-state index contributed by atoms with van der Waals surface area (Å²) in [5.41, 5.74) is 4.77. The molecule has 2 aromatic rings. The third-order valence-corrected chi connectivity index (χ3v) is 4.26. The van der Waals surface area contributed by atoms with Gasteiger partial charge in [0.15, 0.2) is 0 Å². The van der Waals surface area contributed by atoms with Crippen LogP contribution in [0.5, 0.6) is 0 Å². The number of carbonyl (C=O) groups excluding carboxylic acids is 1. The van der Waals surface area contributed by atoms with E-state index in [-0.39, 0.29) is 22.8 Å². The van der Waals surface area contributed by atoms with Gasteiger partial charge in [0.25, 0.3) is 5.91 Å². The lowest BCUT2D eigenvalue weighted by atomic mass is 10.2. The number of furan rings is 1. The van der Waals surface area contributed by atoms with E-state index in [1.165, 1.54) is 30.3 Å². The van der Waals surface area contributed by atoms with Crippen LogP contribution in [0.3, 0.4) is 0 Å². The van der Waals surface area contributed by atoms with Gasteiger partial charge in [-0.15, -0.1) is 0 Å². The van der Waals surface area contributed by atoms with E-state index in [9.17, 15) is 13.2 Å². The predicted octanol–water partition coefficient (Wildman–Crippen LogP) is 1.15. The molecule has 1 amide bonds. The van der Waals surface area contributed by atoms with Crippen molar-refractivity contribution in [1.82, 2.24) is 4.72 Å². The smallest absolute Gasteiger partial charge is 0.259 e. The molecule has 0 aliphatic rings. The summed E-state index contributed by atoms with van der Waals surface area (Å²) in [4.78, 5) is 11.1. The van der Waals surface area contributed by atoms with Crippen LogP contribution in [0.4, 0.5) is 0 Å². The van der Waals surface area contributed by atoms with E-state index in [2.05, 4.69) is 4.72 Å². The second kappa shape index (κ2) is 6.91. The van der Waals surface area contributed by atoms with Gasteiger partial charge in [0, 0.05) is 6.08 Å². The number of benzene rings is 1. The van der Waals surface area contributed by atoms with Crippen molar-refractivity contribution in [3.63, 3.8) is 0 Å². The molecule has 1 heterocycles. The van der Waals surface area contributed by atoms with E-state index >= 15 is 0 Å². The molecular weight excluding hydrogens is 318 g/mol. The molecule has 0 saturated heterocycles. The molecule has 0 atom stereocenters.